The molecule has 0 radical (unpaired) electrons. The average Bonchev–Trinajstić information content (AvgIpc) is 2.59. The van der Waals surface area contributed by atoms with Gasteiger partial charge in [0.25, 0.3) is 5.69 Å². The van der Waals surface area contributed by atoms with E-state index in [9.17, 15) is 10.1 Å². The van der Waals surface area contributed by atoms with Crippen molar-refractivity contribution in [3.05, 3.63) is 68.7 Å². The first-order chi connectivity index (χ1) is 11.9. The van der Waals surface area contributed by atoms with Crippen molar-refractivity contribution < 1.29 is 9.66 Å². The van der Waals surface area contributed by atoms with Gasteiger partial charge in [0.05, 0.1) is 12.0 Å². The van der Waals surface area contributed by atoms with Crippen LogP contribution in [-0.2, 0) is 6.54 Å². The number of hydrogen-bond acceptors (Lipinski definition) is 5. The lowest BCUT2D eigenvalue weighted by atomic mass is 10.1. The van der Waals surface area contributed by atoms with Gasteiger partial charge in [-0.25, -0.2) is 0 Å². The summed E-state index contributed by atoms with van der Waals surface area (Å²) in [6.07, 6.45) is 0. The molecular weight excluding hydrogens is 342 g/mol. The molecular formula is C18H22ClN3O3. The second-order valence-electron chi connectivity index (χ2n) is 5.92. The van der Waals surface area contributed by atoms with Gasteiger partial charge in [-0.1, -0.05) is 23.7 Å². The van der Waals surface area contributed by atoms with Gasteiger partial charge in [0.15, 0.2) is 0 Å². The van der Waals surface area contributed by atoms with Crippen molar-refractivity contribution in [3.63, 3.8) is 0 Å². The molecule has 1 unspecified atom stereocenters. The maximum atomic E-state index is 10.9. The van der Waals surface area contributed by atoms with Crippen LogP contribution >= 0.6 is 11.6 Å². The van der Waals surface area contributed by atoms with Crippen LogP contribution in [0.1, 0.15) is 17.2 Å². The number of benzene rings is 2. The summed E-state index contributed by atoms with van der Waals surface area (Å²) in [5, 5.41) is 14.8. The molecule has 0 aromatic heterocycles. The fourth-order valence-electron chi connectivity index (χ4n) is 2.60. The SMILES string of the molecule is COc1cccc(C(CNCc2cc([N+](=O)[O-])ccc2Cl)N(C)C)c1. The zero-order valence-corrected chi connectivity index (χ0v) is 15.3. The lowest BCUT2D eigenvalue weighted by Gasteiger charge is -2.25. The number of hydrogen-bond donors (Lipinski definition) is 1. The van der Waals surface area contributed by atoms with Crippen LogP contribution in [0.3, 0.4) is 0 Å². The minimum absolute atomic E-state index is 0.0400. The third-order valence-corrected chi connectivity index (χ3v) is 4.36. The number of halogens is 1. The molecule has 0 spiro atoms. The number of nitro benzene ring substituents is 1. The lowest BCUT2D eigenvalue weighted by Crippen LogP contribution is -2.30. The first kappa shape index (κ1) is 19.2. The second kappa shape index (κ2) is 8.80. The summed E-state index contributed by atoms with van der Waals surface area (Å²) in [5.74, 6) is 0.811. The predicted molar refractivity (Wildman–Crippen MR) is 99.2 cm³/mol. The van der Waals surface area contributed by atoms with Gasteiger partial charge in [0, 0.05) is 36.3 Å². The first-order valence-electron chi connectivity index (χ1n) is 7.86. The molecule has 2 aromatic rings. The summed E-state index contributed by atoms with van der Waals surface area (Å²) in [4.78, 5) is 12.6. The minimum atomic E-state index is -0.418. The van der Waals surface area contributed by atoms with Gasteiger partial charge in [0.2, 0.25) is 0 Å². The van der Waals surface area contributed by atoms with Crippen LogP contribution in [0, 0.1) is 10.1 Å². The minimum Gasteiger partial charge on any atom is -0.497 e. The largest absolute Gasteiger partial charge is 0.497 e. The first-order valence-corrected chi connectivity index (χ1v) is 8.24. The Morgan fingerprint density at radius 1 is 1.28 bits per heavy atom. The molecule has 1 atom stereocenters. The van der Waals surface area contributed by atoms with Crippen LogP contribution in [0.25, 0.3) is 0 Å². The third kappa shape index (κ3) is 5.16. The van der Waals surface area contributed by atoms with Crippen molar-refractivity contribution in [2.24, 2.45) is 0 Å². The van der Waals surface area contributed by atoms with E-state index in [1.807, 2.05) is 32.3 Å². The maximum absolute atomic E-state index is 10.9. The fourth-order valence-corrected chi connectivity index (χ4v) is 2.79. The molecule has 0 amide bonds. The van der Waals surface area contributed by atoms with E-state index in [1.165, 1.54) is 12.1 Å². The number of nitrogens with zero attached hydrogens (tertiary/aromatic N) is 2. The number of ether oxygens (including phenoxy) is 1. The highest BCUT2D eigenvalue weighted by Gasteiger charge is 2.15. The van der Waals surface area contributed by atoms with E-state index in [0.717, 1.165) is 11.3 Å². The Balaban J connectivity index is 2.07. The lowest BCUT2D eigenvalue weighted by molar-refractivity contribution is -0.384. The molecule has 134 valence electrons. The van der Waals surface area contributed by atoms with Crippen LogP contribution in [0.4, 0.5) is 5.69 Å². The van der Waals surface area contributed by atoms with E-state index in [2.05, 4.69) is 16.3 Å². The molecule has 25 heavy (non-hydrogen) atoms. The Kier molecular flexibility index (Phi) is 6.75. The van der Waals surface area contributed by atoms with Gasteiger partial charge in [-0.05, 0) is 43.4 Å². The molecule has 0 bridgehead atoms. The van der Waals surface area contributed by atoms with Gasteiger partial charge in [0.1, 0.15) is 5.75 Å². The van der Waals surface area contributed by atoms with E-state index in [0.29, 0.717) is 23.7 Å². The number of nitro groups is 1. The quantitative estimate of drug-likeness (QED) is 0.572. The molecule has 7 heteroatoms. The molecule has 1 N–H and O–H groups in total. The molecule has 2 rings (SSSR count). The molecule has 0 aliphatic carbocycles. The Morgan fingerprint density at radius 2 is 2.04 bits per heavy atom. The molecule has 2 aromatic carbocycles. The number of methoxy groups -OCH3 is 1. The van der Waals surface area contributed by atoms with Gasteiger partial charge >= 0.3 is 0 Å². The molecule has 0 aliphatic rings. The highest BCUT2D eigenvalue weighted by molar-refractivity contribution is 6.31. The third-order valence-electron chi connectivity index (χ3n) is 4.00. The normalized spacial score (nSPS) is 12.2. The Morgan fingerprint density at radius 3 is 2.68 bits per heavy atom. The summed E-state index contributed by atoms with van der Waals surface area (Å²) in [5.41, 5.74) is 1.87. The highest BCUT2D eigenvalue weighted by Crippen LogP contribution is 2.24. The fraction of sp³-hybridized carbons (Fsp3) is 0.333. The molecule has 0 saturated heterocycles. The Bertz CT molecular complexity index is 737. The zero-order chi connectivity index (χ0) is 18.4. The van der Waals surface area contributed by atoms with Gasteiger partial charge in [-0.2, -0.15) is 0 Å². The van der Waals surface area contributed by atoms with Crippen LogP contribution in [-0.4, -0.2) is 37.6 Å². The van der Waals surface area contributed by atoms with E-state index in [-0.39, 0.29) is 11.7 Å². The van der Waals surface area contributed by atoms with Crippen molar-refractivity contribution >= 4 is 17.3 Å². The van der Waals surface area contributed by atoms with Gasteiger partial charge in [-0.3, -0.25) is 10.1 Å². The van der Waals surface area contributed by atoms with E-state index < -0.39 is 4.92 Å². The number of rotatable bonds is 8. The standard InChI is InChI=1S/C18H22ClN3O3/c1-21(2)18(13-5-4-6-16(10-13)25-3)12-20-11-14-9-15(22(23)24)7-8-17(14)19/h4-10,18,20H,11-12H2,1-3H3. The van der Waals surface area contributed by atoms with Crippen LogP contribution < -0.4 is 10.1 Å². The number of likely N-dealkylation sites (N-methyl/N-ethyl adjacent to an activating group) is 1. The predicted octanol–water partition coefficient (Wildman–Crippen LogP) is 3.65. The van der Waals surface area contributed by atoms with E-state index >= 15 is 0 Å². The van der Waals surface area contributed by atoms with Crippen molar-refractivity contribution in [3.8, 4) is 5.75 Å². The second-order valence-corrected chi connectivity index (χ2v) is 6.33. The Labute approximate surface area is 152 Å². The summed E-state index contributed by atoms with van der Waals surface area (Å²) < 4.78 is 5.29. The summed E-state index contributed by atoms with van der Waals surface area (Å²) in [6.45, 7) is 1.12. The summed E-state index contributed by atoms with van der Waals surface area (Å²) in [7, 11) is 5.66. The van der Waals surface area contributed by atoms with Crippen molar-refractivity contribution in [1.29, 1.82) is 0 Å². The molecule has 6 nitrogen and oxygen atoms in total. The van der Waals surface area contributed by atoms with Crippen LogP contribution in [0.15, 0.2) is 42.5 Å². The van der Waals surface area contributed by atoms with Gasteiger partial charge < -0.3 is 15.0 Å². The smallest absolute Gasteiger partial charge is 0.269 e. The van der Waals surface area contributed by atoms with Crippen molar-refractivity contribution in [2.45, 2.75) is 12.6 Å². The Hall–Kier alpha value is -2.15. The zero-order valence-electron chi connectivity index (χ0n) is 14.5. The van der Waals surface area contributed by atoms with Crippen LogP contribution in [0.5, 0.6) is 5.75 Å². The molecule has 0 aliphatic heterocycles. The highest BCUT2D eigenvalue weighted by atomic mass is 35.5. The van der Waals surface area contributed by atoms with Crippen molar-refractivity contribution in [2.75, 3.05) is 27.7 Å². The maximum Gasteiger partial charge on any atom is 0.269 e. The summed E-state index contributed by atoms with van der Waals surface area (Å²) in [6, 6.07) is 12.5. The van der Waals surface area contributed by atoms with E-state index in [1.54, 1.807) is 13.2 Å². The van der Waals surface area contributed by atoms with Crippen molar-refractivity contribution in [1.82, 2.24) is 10.2 Å². The molecule has 0 fully saturated rings. The van der Waals surface area contributed by atoms with Gasteiger partial charge in [-0.15, -0.1) is 0 Å². The number of non-ortho nitro benzene ring substituents is 1. The molecule has 0 heterocycles. The number of nitrogens with one attached hydrogen (secondary N) is 1. The monoisotopic (exact) mass is 363 g/mol. The van der Waals surface area contributed by atoms with Crippen LogP contribution in [0.2, 0.25) is 5.02 Å². The average molecular weight is 364 g/mol. The topological polar surface area (TPSA) is 67.6 Å². The summed E-state index contributed by atoms with van der Waals surface area (Å²) >= 11 is 6.15. The molecule has 0 saturated carbocycles. The van der Waals surface area contributed by atoms with E-state index in [4.69, 9.17) is 16.3 Å².